The Labute approximate surface area is 114 Å². The maximum Gasteiger partial charge on any atom is 0.217 e. The molecule has 19 heavy (non-hydrogen) atoms. The largest absolute Gasteiger partial charge is 0.291 e. The van der Waals surface area contributed by atoms with Crippen LogP contribution >= 0.6 is 11.6 Å². The van der Waals surface area contributed by atoms with Crippen molar-refractivity contribution in [1.82, 2.24) is 19.4 Å². The lowest BCUT2D eigenvalue weighted by atomic mass is 10.2. The van der Waals surface area contributed by atoms with Crippen LogP contribution in [0.15, 0.2) is 37.1 Å². The van der Waals surface area contributed by atoms with Gasteiger partial charge < -0.3 is 0 Å². The van der Waals surface area contributed by atoms with Crippen LogP contribution in [0.4, 0.5) is 0 Å². The van der Waals surface area contributed by atoms with Crippen LogP contribution in [0.25, 0.3) is 5.52 Å². The van der Waals surface area contributed by atoms with E-state index in [1.807, 2.05) is 0 Å². The van der Waals surface area contributed by atoms with Crippen molar-refractivity contribution in [3.05, 3.63) is 59.2 Å². The summed E-state index contributed by atoms with van der Waals surface area (Å²) in [7, 11) is 0. The maximum atomic E-state index is 9.09. The van der Waals surface area contributed by atoms with Crippen LogP contribution in [0.1, 0.15) is 17.1 Å². The summed E-state index contributed by atoms with van der Waals surface area (Å²) >= 11 is 6.00. The number of pyridine rings is 1. The summed E-state index contributed by atoms with van der Waals surface area (Å²) in [5, 5.41) is 9.71. The molecule has 3 rings (SSSR count). The van der Waals surface area contributed by atoms with Gasteiger partial charge in [0, 0.05) is 30.0 Å². The lowest BCUT2D eigenvalue weighted by Crippen LogP contribution is -1.92. The molecule has 0 amide bonds. The molecule has 92 valence electrons. The van der Waals surface area contributed by atoms with Gasteiger partial charge in [0.2, 0.25) is 5.82 Å². The topological polar surface area (TPSA) is 66.9 Å². The maximum absolute atomic E-state index is 9.09. The van der Waals surface area contributed by atoms with Gasteiger partial charge in [0.25, 0.3) is 0 Å². The molecule has 3 aromatic heterocycles. The first-order chi connectivity index (χ1) is 9.28. The normalized spacial score (nSPS) is 10.5. The van der Waals surface area contributed by atoms with Crippen LogP contribution in [0.2, 0.25) is 5.02 Å². The zero-order chi connectivity index (χ0) is 13.2. The first-order valence-corrected chi connectivity index (χ1v) is 5.96. The van der Waals surface area contributed by atoms with Crippen molar-refractivity contribution < 1.29 is 0 Å². The molecule has 6 heteroatoms. The number of rotatable bonds is 2. The molecule has 0 unspecified atom stereocenters. The third kappa shape index (κ3) is 2.14. The Morgan fingerprint density at radius 2 is 2.11 bits per heavy atom. The fraction of sp³-hybridized carbons (Fsp3) is 0.0769. The molecule has 0 aliphatic heterocycles. The Morgan fingerprint density at radius 1 is 1.32 bits per heavy atom. The highest BCUT2D eigenvalue weighted by molar-refractivity contribution is 6.30. The number of nitrogens with zero attached hydrogens (tertiary/aromatic N) is 5. The van der Waals surface area contributed by atoms with Crippen LogP contribution < -0.4 is 0 Å². The van der Waals surface area contributed by atoms with E-state index in [-0.39, 0.29) is 0 Å². The van der Waals surface area contributed by atoms with Crippen LogP contribution in [-0.2, 0) is 6.42 Å². The van der Waals surface area contributed by atoms with Crippen molar-refractivity contribution >= 4 is 17.1 Å². The average molecular weight is 270 g/mol. The zero-order valence-corrected chi connectivity index (χ0v) is 10.5. The fourth-order valence-electron chi connectivity index (χ4n) is 1.94. The summed E-state index contributed by atoms with van der Waals surface area (Å²) < 4.78 is 1.73. The molecule has 5 nitrogen and oxygen atoms in total. The molecule has 0 radical (unpaired) electrons. The summed E-state index contributed by atoms with van der Waals surface area (Å²) in [4.78, 5) is 12.3. The number of hydrogen-bond acceptors (Lipinski definition) is 4. The summed E-state index contributed by atoms with van der Waals surface area (Å²) in [6, 6.07) is 5.60. The minimum absolute atomic E-state index is 0.346. The molecule has 0 aliphatic rings. The second-order valence-corrected chi connectivity index (χ2v) is 4.45. The fourth-order valence-corrected chi connectivity index (χ4v) is 2.10. The van der Waals surface area contributed by atoms with Gasteiger partial charge >= 0.3 is 0 Å². The zero-order valence-electron chi connectivity index (χ0n) is 9.79. The molecule has 0 saturated carbocycles. The van der Waals surface area contributed by atoms with Gasteiger partial charge in [-0.25, -0.2) is 15.0 Å². The van der Waals surface area contributed by atoms with E-state index in [1.54, 1.807) is 35.1 Å². The molecule has 3 aromatic rings. The minimum atomic E-state index is 0.346. The quantitative estimate of drug-likeness (QED) is 0.715. The Hall–Kier alpha value is -2.45. The molecule has 0 saturated heterocycles. The Kier molecular flexibility index (Phi) is 2.86. The van der Waals surface area contributed by atoms with E-state index in [9.17, 15) is 0 Å². The van der Waals surface area contributed by atoms with Crippen molar-refractivity contribution in [2.24, 2.45) is 0 Å². The SMILES string of the molecule is N#Cc1nc(Cc2cncnc2)c2cc(Cl)ccn12. The van der Waals surface area contributed by atoms with Gasteiger partial charge in [-0.15, -0.1) is 0 Å². The van der Waals surface area contributed by atoms with Gasteiger partial charge in [0.1, 0.15) is 12.4 Å². The van der Waals surface area contributed by atoms with Crippen molar-refractivity contribution in [2.45, 2.75) is 6.42 Å². The third-order valence-corrected chi connectivity index (χ3v) is 3.00. The van der Waals surface area contributed by atoms with E-state index in [2.05, 4.69) is 21.0 Å². The number of halogens is 1. The lowest BCUT2D eigenvalue weighted by Gasteiger charge is -1.99. The van der Waals surface area contributed by atoms with Crippen LogP contribution in [0, 0.1) is 11.3 Å². The van der Waals surface area contributed by atoms with Crippen LogP contribution in [-0.4, -0.2) is 19.4 Å². The highest BCUT2D eigenvalue weighted by Gasteiger charge is 2.11. The molecular formula is C13H8ClN5. The Morgan fingerprint density at radius 3 is 2.84 bits per heavy atom. The van der Waals surface area contributed by atoms with Gasteiger partial charge in [0.05, 0.1) is 11.2 Å². The van der Waals surface area contributed by atoms with Gasteiger partial charge in [0.15, 0.2) is 0 Å². The van der Waals surface area contributed by atoms with Crippen molar-refractivity contribution in [3.63, 3.8) is 0 Å². The summed E-state index contributed by atoms with van der Waals surface area (Å²) in [6.07, 6.45) is 7.25. The molecule has 3 heterocycles. The first kappa shape index (κ1) is 11.6. The van der Waals surface area contributed by atoms with E-state index < -0.39 is 0 Å². The molecule has 0 N–H and O–H groups in total. The standard InChI is InChI=1S/C13H8ClN5/c14-10-1-2-19-12(4-10)11(18-13(19)5-15)3-9-6-16-8-17-7-9/h1-2,4,6-8H,3H2. The first-order valence-electron chi connectivity index (χ1n) is 5.58. The van der Waals surface area contributed by atoms with Gasteiger partial charge in [-0.05, 0) is 17.7 Å². The second kappa shape index (κ2) is 4.67. The molecule has 0 aromatic carbocycles. The number of imidazole rings is 1. The summed E-state index contributed by atoms with van der Waals surface area (Å²) in [5.41, 5.74) is 2.55. The van der Waals surface area contributed by atoms with Crippen LogP contribution in [0.5, 0.6) is 0 Å². The van der Waals surface area contributed by atoms with E-state index in [0.717, 1.165) is 16.8 Å². The molecule has 0 spiro atoms. The van der Waals surface area contributed by atoms with Crippen LogP contribution in [0.3, 0.4) is 0 Å². The van der Waals surface area contributed by atoms with Gasteiger partial charge in [-0.1, -0.05) is 11.6 Å². The molecule has 0 bridgehead atoms. The number of hydrogen-bond donors (Lipinski definition) is 0. The monoisotopic (exact) mass is 269 g/mol. The predicted octanol–water partition coefficient (Wildman–Crippen LogP) is 2.24. The van der Waals surface area contributed by atoms with Crippen molar-refractivity contribution in [3.8, 4) is 6.07 Å². The highest BCUT2D eigenvalue weighted by Crippen LogP contribution is 2.20. The molecule has 0 aliphatic carbocycles. The van der Waals surface area contributed by atoms with E-state index in [0.29, 0.717) is 17.3 Å². The summed E-state index contributed by atoms with van der Waals surface area (Å²) in [6.45, 7) is 0. The van der Waals surface area contributed by atoms with E-state index in [4.69, 9.17) is 16.9 Å². The molecular weight excluding hydrogens is 262 g/mol. The molecule has 0 atom stereocenters. The van der Waals surface area contributed by atoms with Gasteiger partial charge in [-0.3, -0.25) is 4.40 Å². The molecule has 0 fully saturated rings. The number of fused-ring (bicyclic) bond motifs is 1. The Balaban J connectivity index is 2.13. The predicted molar refractivity (Wildman–Crippen MR) is 69.8 cm³/mol. The Bertz CT molecular complexity index is 773. The third-order valence-electron chi connectivity index (χ3n) is 2.77. The van der Waals surface area contributed by atoms with Crippen molar-refractivity contribution in [2.75, 3.05) is 0 Å². The average Bonchev–Trinajstić information content (AvgIpc) is 2.77. The number of nitriles is 1. The lowest BCUT2D eigenvalue weighted by molar-refractivity contribution is 1.04. The minimum Gasteiger partial charge on any atom is -0.291 e. The summed E-state index contributed by atoms with van der Waals surface area (Å²) in [5.74, 6) is 0.346. The van der Waals surface area contributed by atoms with Crippen molar-refractivity contribution in [1.29, 1.82) is 5.26 Å². The smallest absolute Gasteiger partial charge is 0.217 e. The second-order valence-electron chi connectivity index (χ2n) is 4.02. The van der Waals surface area contributed by atoms with E-state index in [1.165, 1.54) is 6.33 Å². The van der Waals surface area contributed by atoms with E-state index >= 15 is 0 Å². The highest BCUT2D eigenvalue weighted by atomic mass is 35.5. The number of aromatic nitrogens is 4. The van der Waals surface area contributed by atoms with Gasteiger partial charge in [-0.2, -0.15) is 5.26 Å².